The van der Waals surface area contributed by atoms with E-state index in [4.69, 9.17) is 4.74 Å². The molecule has 1 aliphatic heterocycles. The lowest BCUT2D eigenvalue weighted by Crippen LogP contribution is -2.48. The summed E-state index contributed by atoms with van der Waals surface area (Å²) in [5, 5.41) is 3.28. The Morgan fingerprint density at radius 3 is 2.73 bits per heavy atom. The predicted octanol–water partition coefficient (Wildman–Crippen LogP) is 4.33. The van der Waals surface area contributed by atoms with E-state index in [0.717, 1.165) is 29.7 Å². The first-order valence-corrected chi connectivity index (χ1v) is 10.8. The highest BCUT2D eigenvalue weighted by molar-refractivity contribution is 6.04. The van der Waals surface area contributed by atoms with E-state index in [2.05, 4.69) is 19.2 Å². The molecule has 4 atom stereocenters. The minimum atomic E-state index is -0.607. The second-order valence-electron chi connectivity index (χ2n) is 8.66. The van der Waals surface area contributed by atoms with Crippen molar-refractivity contribution in [2.75, 3.05) is 7.11 Å². The lowest BCUT2D eigenvalue weighted by molar-refractivity contribution is -0.127. The summed E-state index contributed by atoms with van der Waals surface area (Å²) in [4.78, 5) is 28.3. The minimum absolute atomic E-state index is 0.0813. The molecular weight excluding hydrogens is 376 g/mol. The minimum Gasteiger partial charge on any atom is -0.497 e. The van der Waals surface area contributed by atoms with Crippen LogP contribution in [0.15, 0.2) is 48.5 Å². The number of amides is 2. The van der Waals surface area contributed by atoms with Crippen LogP contribution in [0.4, 0.5) is 0 Å². The summed E-state index contributed by atoms with van der Waals surface area (Å²) in [6, 6.07) is 14.7. The summed E-state index contributed by atoms with van der Waals surface area (Å²) in [6.45, 7) is 4.84. The Labute approximate surface area is 178 Å². The second kappa shape index (κ2) is 8.50. The lowest BCUT2D eigenvalue weighted by Gasteiger charge is -2.36. The topological polar surface area (TPSA) is 58.6 Å². The molecule has 30 heavy (non-hydrogen) atoms. The molecule has 0 saturated heterocycles. The number of benzene rings is 2. The highest BCUT2D eigenvalue weighted by Crippen LogP contribution is 2.36. The number of nitrogens with zero attached hydrogens (tertiary/aromatic N) is 1. The highest BCUT2D eigenvalue weighted by Gasteiger charge is 2.42. The zero-order chi connectivity index (χ0) is 21.3. The third-order valence-corrected chi connectivity index (χ3v) is 6.83. The molecule has 0 aromatic heterocycles. The number of fused-ring (bicyclic) bond motifs is 1. The second-order valence-corrected chi connectivity index (χ2v) is 8.66. The van der Waals surface area contributed by atoms with Crippen molar-refractivity contribution >= 4 is 11.8 Å². The molecule has 0 spiro atoms. The van der Waals surface area contributed by atoms with Gasteiger partial charge in [0.1, 0.15) is 11.8 Å². The fourth-order valence-electron chi connectivity index (χ4n) is 4.83. The van der Waals surface area contributed by atoms with Crippen molar-refractivity contribution in [3.63, 3.8) is 0 Å². The van der Waals surface area contributed by atoms with Crippen LogP contribution >= 0.6 is 0 Å². The average Bonchev–Trinajstić information content (AvgIpc) is 3.03. The Kier molecular flexibility index (Phi) is 5.80. The Bertz CT molecular complexity index is 941. The van der Waals surface area contributed by atoms with Crippen molar-refractivity contribution in [3.8, 4) is 5.75 Å². The van der Waals surface area contributed by atoms with Gasteiger partial charge in [-0.15, -0.1) is 0 Å². The Balaban J connectivity index is 1.61. The molecule has 1 heterocycles. The van der Waals surface area contributed by atoms with Gasteiger partial charge in [0.05, 0.1) is 7.11 Å². The normalized spacial score (nSPS) is 25.7. The molecule has 5 nitrogen and oxygen atoms in total. The molecule has 0 unspecified atom stereocenters. The van der Waals surface area contributed by atoms with Crippen LogP contribution in [0.25, 0.3) is 0 Å². The molecule has 2 aliphatic rings. The number of hydrogen-bond acceptors (Lipinski definition) is 3. The third kappa shape index (κ3) is 3.81. The predicted molar refractivity (Wildman–Crippen MR) is 116 cm³/mol. The average molecular weight is 407 g/mol. The Morgan fingerprint density at radius 2 is 1.93 bits per heavy atom. The molecule has 1 aliphatic carbocycles. The summed E-state index contributed by atoms with van der Waals surface area (Å²) >= 11 is 0. The van der Waals surface area contributed by atoms with Crippen molar-refractivity contribution in [2.45, 2.75) is 51.7 Å². The molecule has 2 amide bonds. The van der Waals surface area contributed by atoms with Gasteiger partial charge in [-0.3, -0.25) is 9.59 Å². The number of carbonyl (C=O) groups excluding carboxylic acids is 2. The van der Waals surface area contributed by atoms with Gasteiger partial charge in [0.2, 0.25) is 5.91 Å². The summed E-state index contributed by atoms with van der Waals surface area (Å²) in [6.07, 6.45) is 3.33. The molecule has 2 aromatic rings. The summed E-state index contributed by atoms with van der Waals surface area (Å²) < 4.78 is 5.32. The number of nitrogens with one attached hydrogen (secondary N) is 1. The summed E-state index contributed by atoms with van der Waals surface area (Å²) in [5.74, 6) is 1.58. The number of rotatable bonds is 5. The van der Waals surface area contributed by atoms with Gasteiger partial charge >= 0.3 is 0 Å². The van der Waals surface area contributed by atoms with E-state index in [9.17, 15) is 9.59 Å². The number of ether oxygens (including phenoxy) is 1. The summed E-state index contributed by atoms with van der Waals surface area (Å²) in [5.41, 5.74) is 2.35. The first-order valence-electron chi connectivity index (χ1n) is 10.8. The van der Waals surface area contributed by atoms with E-state index in [1.54, 1.807) is 12.0 Å². The highest BCUT2D eigenvalue weighted by atomic mass is 16.5. The first kappa shape index (κ1) is 20.5. The van der Waals surface area contributed by atoms with Gasteiger partial charge in [-0.05, 0) is 47.6 Å². The maximum atomic E-state index is 13.5. The van der Waals surface area contributed by atoms with Crippen molar-refractivity contribution in [2.24, 2.45) is 11.8 Å². The van der Waals surface area contributed by atoms with Crippen molar-refractivity contribution in [1.82, 2.24) is 10.2 Å². The van der Waals surface area contributed by atoms with Gasteiger partial charge in [0.15, 0.2) is 0 Å². The van der Waals surface area contributed by atoms with E-state index in [-0.39, 0.29) is 17.9 Å². The van der Waals surface area contributed by atoms with Crippen LogP contribution < -0.4 is 10.1 Å². The van der Waals surface area contributed by atoms with Crippen LogP contribution in [-0.2, 0) is 11.3 Å². The first-order chi connectivity index (χ1) is 14.5. The molecule has 1 fully saturated rings. The van der Waals surface area contributed by atoms with Crippen molar-refractivity contribution in [1.29, 1.82) is 0 Å². The van der Waals surface area contributed by atoms with Gasteiger partial charge in [0, 0.05) is 18.2 Å². The van der Waals surface area contributed by atoms with Crippen molar-refractivity contribution in [3.05, 3.63) is 65.2 Å². The molecular formula is C25H30N2O3. The van der Waals surface area contributed by atoms with Crippen molar-refractivity contribution < 1.29 is 14.3 Å². The molecule has 2 aromatic carbocycles. The molecule has 1 N–H and O–H groups in total. The van der Waals surface area contributed by atoms with E-state index < -0.39 is 6.04 Å². The Morgan fingerprint density at radius 1 is 1.13 bits per heavy atom. The molecule has 4 rings (SSSR count). The summed E-state index contributed by atoms with van der Waals surface area (Å²) in [7, 11) is 1.62. The van der Waals surface area contributed by atoms with E-state index in [1.807, 2.05) is 48.5 Å². The molecule has 1 saturated carbocycles. The lowest BCUT2D eigenvalue weighted by atomic mass is 9.78. The zero-order valence-corrected chi connectivity index (χ0v) is 17.9. The van der Waals surface area contributed by atoms with E-state index >= 15 is 0 Å². The van der Waals surface area contributed by atoms with Gasteiger partial charge < -0.3 is 15.0 Å². The zero-order valence-electron chi connectivity index (χ0n) is 17.9. The van der Waals surface area contributed by atoms with Gasteiger partial charge in [-0.25, -0.2) is 0 Å². The standard InChI is InChI=1S/C25H30N2O3/c1-16-8-6-13-22(17(16)2)26-24(28)23-20-11-4-5-12-21(20)25(29)27(23)15-18-9-7-10-19(14-18)30-3/h4-5,7,9-12,14,16-17,22-23H,6,8,13,15H2,1-3H3,(H,26,28)/t16-,17+,22+,23+/m0/s1. The monoisotopic (exact) mass is 406 g/mol. The van der Waals surface area contributed by atoms with Gasteiger partial charge in [-0.1, -0.05) is 57.0 Å². The van der Waals surface area contributed by atoms with Gasteiger partial charge in [-0.2, -0.15) is 0 Å². The molecule has 0 radical (unpaired) electrons. The van der Waals surface area contributed by atoms with Crippen LogP contribution in [0.3, 0.4) is 0 Å². The van der Waals surface area contributed by atoms with Crippen LogP contribution in [0.2, 0.25) is 0 Å². The van der Waals surface area contributed by atoms with Crippen LogP contribution in [0, 0.1) is 11.8 Å². The maximum absolute atomic E-state index is 13.5. The number of hydrogen-bond donors (Lipinski definition) is 1. The molecule has 0 bridgehead atoms. The largest absolute Gasteiger partial charge is 0.497 e. The third-order valence-electron chi connectivity index (χ3n) is 6.83. The fraction of sp³-hybridized carbons (Fsp3) is 0.440. The van der Waals surface area contributed by atoms with Crippen LogP contribution in [-0.4, -0.2) is 29.9 Å². The quantitative estimate of drug-likeness (QED) is 0.804. The maximum Gasteiger partial charge on any atom is 0.255 e. The van der Waals surface area contributed by atoms with E-state index in [1.165, 1.54) is 6.42 Å². The Hall–Kier alpha value is -2.82. The smallest absolute Gasteiger partial charge is 0.255 e. The van der Waals surface area contributed by atoms with Crippen LogP contribution in [0.5, 0.6) is 5.75 Å². The van der Waals surface area contributed by atoms with Crippen LogP contribution in [0.1, 0.15) is 60.6 Å². The van der Waals surface area contributed by atoms with Gasteiger partial charge in [0.25, 0.3) is 5.91 Å². The number of methoxy groups -OCH3 is 1. The fourth-order valence-corrected chi connectivity index (χ4v) is 4.83. The molecule has 158 valence electrons. The molecule has 5 heteroatoms. The SMILES string of the molecule is COc1cccc(CN2C(=O)c3ccccc3[C@@H]2C(=O)N[C@@H]2CCC[C@H](C)[C@H]2C)c1. The number of carbonyl (C=O) groups is 2. The van der Waals surface area contributed by atoms with E-state index in [0.29, 0.717) is 23.9 Å².